The number of halogens is 1. The lowest BCUT2D eigenvalue weighted by Gasteiger charge is -2.22. The number of carbonyl (C=O) groups is 1. The highest BCUT2D eigenvalue weighted by Gasteiger charge is 2.24. The lowest BCUT2D eigenvalue weighted by Crippen LogP contribution is -2.18. The van der Waals surface area contributed by atoms with Gasteiger partial charge in [0.05, 0.1) is 11.3 Å². The van der Waals surface area contributed by atoms with Crippen LogP contribution < -0.4 is 0 Å². The van der Waals surface area contributed by atoms with E-state index in [0.29, 0.717) is 5.90 Å². The summed E-state index contributed by atoms with van der Waals surface area (Å²) in [6.45, 7) is 0. The summed E-state index contributed by atoms with van der Waals surface area (Å²) >= 11 is 3.46. The van der Waals surface area contributed by atoms with E-state index in [1.165, 1.54) is 0 Å². The van der Waals surface area contributed by atoms with Crippen LogP contribution >= 0.6 is 15.9 Å². The molecule has 0 bridgehead atoms. The first kappa shape index (κ1) is 12.1. The van der Waals surface area contributed by atoms with E-state index in [2.05, 4.69) is 20.9 Å². The first-order valence-electron chi connectivity index (χ1n) is 5.84. The number of para-hydroxylation sites is 1. The number of rotatable bonds is 2. The zero-order valence-electron chi connectivity index (χ0n) is 9.92. The average molecular weight is 316 g/mol. The maximum absolute atomic E-state index is 11.2. The van der Waals surface area contributed by atoms with Crippen molar-refractivity contribution >= 4 is 33.8 Å². The molecule has 1 atom stereocenters. The fourth-order valence-corrected chi connectivity index (χ4v) is 2.46. The fourth-order valence-electron chi connectivity index (χ4n) is 2.01. The second-order valence-electron chi connectivity index (χ2n) is 4.13. The number of aldehydes is 1. The van der Waals surface area contributed by atoms with Crippen molar-refractivity contribution in [3.05, 3.63) is 64.1 Å². The number of fused-ring (bicyclic) bond motifs is 1. The Morgan fingerprint density at radius 1 is 1.11 bits per heavy atom. The summed E-state index contributed by atoms with van der Waals surface area (Å²) in [7, 11) is 0. The smallest absolute Gasteiger partial charge is 0.223 e. The van der Waals surface area contributed by atoms with Gasteiger partial charge in [0.15, 0.2) is 12.4 Å². The van der Waals surface area contributed by atoms with Crippen LogP contribution in [0, 0.1) is 0 Å². The minimum Gasteiger partial charge on any atom is -0.461 e. The van der Waals surface area contributed by atoms with Crippen LogP contribution in [0.4, 0.5) is 5.69 Å². The third kappa shape index (κ3) is 2.19. The summed E-state index contributed by atoms with van der Waals surface area (Å²) in [4.78, 5) is 15.7. The molecule has 0 spiro atoms. The molecule has 2 aromatic rings. The summed E-state index contributed by atoms with van der Waals surface area (Å²) in [6, 6.07) is 15.1. The molecule has 3 nitrogen and oxygen atoms in total. The molecule has 19 heavy (non-hydrogen) atoms. The molecule has 1 aliphatic rings. The quantitative estimate of drug-likeness (QED) is 0.791. The minimum atomic E-state index is -0.601. The van der Waals surface area contributed by atoms with E-state index < -0.39 is 6.10 Å². The summed E-state index contributed by atoms with van der Waals surface area (Å²) in [5, 5.41) is 0. The number of benzene rings is 2. The van der Waals surface area contributed by atoms with E-state index >= 15 is 0 Å². The van der Waals surface area contributed by atoms with Gasteiger partial charge in [-0.25, -0.2) is 4.99 Å². The van der Waals surface area contributed by atoms with Crippen molar-refractivity contribution in [3.8, 4) is 0 Å². The van der Waals surface area contributed by atoms with E-state index in [-0.39, 0.29) is 0 Å². The van der Waals surface area contributed by atoms with Crippen LogP contribution in [0.2, 0.25) is 0 Å². The number of aliphatic imine (C=N–C) groups is 1. The van der Waals surface area contributed by atoms with Gasteiger partial charge >= 0.3 is 0 Å². The summed E-state index contributed by atoms with van der Waals surface area (Å²) < 4.78 is 6.57. The molecular weight excluding hydrogens is 306 g/mol. The molecule has 2 aromatic carbocycles. The van der Waals surface area contributed by atoms with Gasteiger partial charge in [-0.05, 0) is 34.1 Å². The minimum absolute atomic E-state index is 0.461. The molecule has 4 heteroatoms. The first-order chi connectivity index (χ1) is 9.29. The van der Waals surface area contributed by atoms with Gasteiger partial charge in [-0.1, -0.05) is 30.3 Å². The topological polar surface area (TPSA) is 38.7 Å². The highest BCUT2D eigenvalue weighted by molar-refractivity contribution is 9.10. The maximum atomic E-state index is 11.2. The van der Waals surface area contributed by atoms with Gasteiger partial charge in [0.2, 0.25) is 5.90 Å². The Bertz CT molecular complexity index is 667. The Balaban J connectivity index is 2.13. The monoisotopic (exact) mass is 315 g/mol. The van der Waals surface area contributed by atoms with Crippen LogP contribution in [0.5, 0.6) is 0 Å². The predicted molar refractivity (Wildman–Crippen MR) is 76.7 cm³/mol. The molecule has 1 aliphatic heterocycles. The molecule has 0 radical (unpaired) electrons. The van der Waals surface area contributed by atoms with E-state index in [9.17, 15) is 4.79 Å². The van der Waals surface area contributed by atoms with Crippen molar-refractivity contribution in [3.63, 3.8) is 0 Å². The number of nitrogens with zero attached hydrogens (tertiary/aromatic N) is 1. The van der Waals surface area contributed by atoms with Crippen molar-refractivity contribution < 1.29 is 9.53 Å². The van der Waals surface area contributed by atoms with Gasteiger partial charge in [-0.15, -0.1) is 0 Å². The van der Waals surface area contributed by atoms with Crippen molar-refractivity contribution in [2.24, 2.45) is 4.99 Å². The molecule has 1 unspecified atom stereocenters. The summed E-state index contributed by atoms with van der Waals surface area (Å²) in [5.41, 5.74) is 2.41. The zero-order valence-corrected chi connectivity index (χ0v) is 11.5. The Labute approximate surface area is 119 Å². The first-order valence-corrected chi connectivity index (χ1v) is 6.63. The number of hydrogen-bond acceptors (Lipinski definition) is 3. The third-order valence-corrected chi connectivity index (χ3v) is 3.62. The van der Waals surface area contributed by atoms with Crippen molar-refractivity contribution in [2.45, 2.75) is 6.10 Å². The van der Waals surface area contributed by atoms with Gasteiger partial charge in [0.1, 0.15) is 0 Å². The Morgan fingerprint density at radius 3 is 2.63 bits per heavy atom. The lowest BCUT2D eigenvalue weighted by molar-refractivity contribution is -0.114. The Hall–Kier alpha value is -1.94. The van der Waals surface area contributed by atoms with Gasteiger partial charge in [0.25, 0.3) is 0 Å². The standard InChI is InChI=1S/C15H10BrNO2/c16-12-7-3-1-5-10(12)15-17-13-8-4-2-6-11(13)14(9-18)19-15/h1-9,14H. The number of ether oxygens (including phenoxy) is 1. The van der Waals surface area contributed by atoms with Crippen LogP contribution in [-0.4, -0.2) is 12.2 Å². The third-order valence-electron chi connectivity index (χ3n) is 2.93. The molecule has 0 saturated carbocycles. The largest absolute Gasteiger partial charge is 0.461 e. The molecule has 3 rings (SSSR count). The molecule has 0 aromatic heterocycles. The van der Waals surface area contributed by atoms with Gasteiger partial charge in [0, 0.05) is 10.0 Å². The van der Waals surface area contributed by atoms with E-state index in [1.807, 2.05) is 48.5 Å². The van der Waals surface area contributed by atoms with Crippen LogP contribution in [0.3, 0.4) is 0 Å². The van der Waals surface area contributed by atoms with Gasteiger partial charge < -0.3 is 4.74 Å². The van der Waals surface area contributed by atoms with E-state index in [0.717, 1.165) is 27.6 Å². The van der Waals surface area contributed by atoms with Crippen molar-refractivity contribution in [2.75, 3.05) is 0 Å². The Kier molecular flexibility index (Phi) is 3.17. The molecule has 0 aliphatic carbocycles. The second kappa shape index (κ2) is 4.97. The summed E-state index contributed by atoms with van der Waals surface area (Å²) in [6.07, 6.45) is 0.195. The zero-order chi connectivity index (χ0) is 13.2. The molecule has 1 heterocycles. The SMILES string of the molecule is O=CC1OC(c2ccccc2Br)=Nc2ccccc21. The summed E-state index contributed by atoms with van der Waals surface area (Å²) in [5.74, 6) is 0.461. The number of carbonyl (C=O) groups excluding carboxylic acids is 1. The van der Waals surface area contributed by atoms with Crippen LogP contribution in [-0.2, 0) is 9.53 Å². The lowest BCUT2D eigenvalue weighted by atomic mass is 10.1. The van der Waals surface area contributed by atoms with Crippen molar-refractivity contribution in [1.82, 2.24) is 0 Å². The molecule has 0 saturated heterocycles. The number of hydrogen-bond donors (Lipinski definition) is 0. The fraction of sp³-hybridized carbons (Fsp3) is 0.0667. The maximum Gasteiger partial charge on any atom is 0.223 e. The Morgan fingerprint density at radius 2 is 1.84 bits per heavy atom. The van der Waals surface area contributed by atoms with Crippen LogP contribution in [0.15, 0.2) is 58.0 Å². The average Bonchev–Trinajstić information content (AvgIpc) is 2.46. The normalized spacial score (nSPS) is 17.1. The highest BCUT2D eigenvalue weighted by Crippen LogP contribution is 2.34. The van der Waals surface area contributed by atoms with Crippen molar-refractivity contribution in [1.29, 1.82) is 0 Å². The molecule has 0 N–H and O–H groups in total. The molecule has 0 fully saturated rings. The molecule has 0 amide bonds. The van der Waals surface area contributed by atoms with Gasteiger partial charge in [-0.2, -0.15) is 0 Å². The van der Waals surface area contributed by atoms with E-state index in [4.69, 9.17) is 4.74 Å². The van der Waals surface area contributed by atoms with Crippen LogP contribution in [0.25, 0.3) is 0 Å². The van der Waals surface area contributed by atoms with E-state index in [1.54, 1.807) is 0 Å². The molecule has 94 valence electrons. The highest BCUT2D eigenvalue weighted by atomic mass is 79.9. The predicted octanol–water partition coefficient (Wildman–Crippen LogP) is 3.80. The van der Waals surface area contributed by atoms with Crippen LogP contribution in [0.1, 0.15) is 17.2 Å². The molecular formula is C15H10BrNO2. The van der Waals surface area contributed by atoms with Gasteiger partial charge in [-0.3, -0.25) is 4.79 Å². The second-order valence-corrected chi connectivity index (χ2v) is 4.98.